The van der Waals surface area contributed by atoms with Gasteiger partial charge in [-0.1, -0.05) is 58.4 Å². The average molecular weight is 396 g/mol. The van der Waals surface area contributed by atoms with E-state index in [1.54, 1.807) is 0 Å². The first-order chi connectivity index (χ1) is 12.1. The highest BCUT2D eigenvalue weighted by atomic mass is 79.9. The van der Waals surface area contributed by atoms with Crippen molar-refractivity contribution in [1.82, 2.24) is 15.1 Å². The van der Waals surface area contributed by atoms with Gasteiger partial charge in [0.05, 0.1) is 11.7 Å². The lowest BCUT2D eigenvalue weighted by atomic mass is 9.96. The Morgan fingerprint density at radius 1 is 1.08 bits per heavy atom. The molecule has 1 unspecified atom stereocenters. The molecule has 0 saturated heterocycles. The van der Waals surface area contributed by atoms with Crippen LogP contribution in [0.25, 0.3) is 11.3 Å². The van der Waals surface area contributed by atoms with Crippen LogP contribution in [0.3, 0.4) is 0 Å². The van der Waals surface area contributed by atoms with E-state index in [-0.39, 0.29) is 18.0 Å². The summed E-state index contributed by atoms with van der Waals surface area (Å²) in [5, 5.41) is 7.44. The van der Waals surface area contributed by atoms with Crippen LogP contribution >= 0.6 is 15.9 Å². The van der Waals surface area contributed by atoms with E-state index in [0.717, 1.165) is 26.9 Å². The van der Waals surface area contributed by atoms with Gasteiger partial charge in [-0.2, -0.15) is 5.10 Å². The lowest BCUT2D eigenvalue weighted by Crippen LogP contribution is -2.35. The number of carbonyl (C=O) groups is 1. The summed E-state index contributed by atoms with van der Waals surface area (Å²) in [4.78, 5) is 14.9. The number of aromatic nitrogens is 2. The summed E-state index contributed by atoms with van der Waals surface area (Å²) in [6, 6.07) is 18.1. The van der Waals surface area contributed by atoms with Crippen molar-refractivity contribution in [3.8, 4) is 11.3 Å². The standard InChI is InChI=1S/C20H18BrN3O/c1-12(2)24-19(14-8-10-15(21)11-9-14)16-17(13-6-4-3-5-7-13)22-23-18(16)20(24)25/h3-12,19H,1-2H3,(H,22,23). The zero-order valence-corrected chi connectivity index (χ0v) is 15.6. The molecule has 1 aliphatic rings. The van der Waals surface area contributed by atoms with Crippen molar-refractivity contribution in [2.45, 2.75) is 25.9 Å². The van der Waals surface area contributed by atoms with E-state index in [9.17, 15) is 4.79 Å². The van der Waals surface area contributed by atoms with Gasteiger partial charge in [0.25, 0.3) is 5.91 Å². The molecule has 0 spiro atoms. The van der Waals surface area contributed by atoms with Crippen LogP contribution in [-0.4, -0.2) is 27.0 Å². The molecule has 3 aromatic rings. The second-order valence-electron chi connectivity index (χ2n) is 6.49. The van der Waals surface area contributed by atoms with Crippen LogP contribution in [-0.2, 0) is 0 Å². The topological polar surface area (TPSA) is 49.0 Å². The molecule has 1 amide bonds. The fraction of sp³-hybridized carbons (Fsp3) is 0.200. The number of halogens is 1. The molecule has 0 aliphatic carbocycles. The van der Waals surface area contributed by atoms with Gasteiger partial charge in [0, 0.05) is 21.6 Å². The predicted octanol–water partition coefficient (Wildman–Crippen LogP) is 4.79. The molecule has 0 fully saturated rings. The Balaban J connectivity index is 1.92. The number of aromatic amines is 1. The molecule has 2 heterocycles. The van der Waals surface area contributed by atoms with E-state index < -0.39 is 0 Å². The van der Waals surface area contributed by atoms with Crippen LogP contribution in [0, 0.1) is 0 Å². The molecular formula is C20H18BrN3O. The normalized spacial score (nSPS) is 16.6. The van der Waals surface area contributed by atoms with Crippen LogP contribution in [0.4, 0.5) is 0 Å². The third kappa shape index (κ3) is 2.59. The summed E-state index contributed by atoms with van der Waals surface area (Å²) in [7, 11) is 0. The Kier molecular flexibility index (Phi) is 3.96. The van der Waals surface area contributed by atoms with Gasteiger partial charge < -0.3 is 4.90 Å². The van der Waals surface area contributed by atoms with Crippen molar-refractivity contribution in [3.63, 3.8) is 0 Å². The van der Waals surface area contributed by atoms with E-state index in [4.69, 9.17) is 0 Å². The number of amides is 1. The first kappa shape index (κ1) is 16.1. The summed E-state index contributed by atoms with van der Waals surface area (Å²) in [5.74, 6) is 0.00704. The molecule has 5 heteroatoms. The maximum atomic E-state index is 13.0. The van der Waals surface area contributed by atoms with Crippen LogP contribution in [0.5, 0.6) is 0 Å². The molecule has 1 aromatic heterocycles. The quantitative estimate of drug-likeness (QED) is 0.692. The third-order valence-electron chi connectivity index (χ3n) is 4.59. The van der Waals surface area contributed by atoms with Gasteiger partial charge in [-0.3, -0.25) is 9.89 Å². The van der Waals surface area contributed by atoms with Crippen LogP contribution in [0.2, 0.25) is 0 Å². The molecule has 4 nitrogen and oxygen atoms in total. The first-order valence-electron chi connectivity index (χ1n) is 8.29. The molecule has 1 aliphatic heterocycles. The summed E-state index contributed by atoms with van der Waals surface area (Å²) in [6.45, 7) is 4.09. The molecule has 4 rings (SSSR count). The number of H-pyrrole nitrogens is 1. The van der Waals surface area contributed by atoms with E-state index >= 15 is 0 Å². The maximum Gasteiger partial charge on any atom is 0.273 e. The van der Waals surface area contributed by atoms with E-state index in [0.29, 0.717) is 5.69 Å². The zero-order chi connectivity index (χ0) is 17.6. The number of benzene rings is 2. The van der Waals surface area contributed by atoms with Crippen LogP contribution in [0.15, 0.2) is 59.1 Å². The number of nitrogens with one attached hydrogen (secondary N) is 1. The van der Waals surface area contributed by atoms with Crippen molar-refractivity contribution in [2.75, 3.05) is 0 Å². The Labute approximate surface area is 155 Å². The van der Waals surface area contributed by atoms with E-state index in [1.807, 2.05) is 61.2 Å². The predicted molar refractivity (Wildman–Crippen MR) is 101 cm³/mol. The Hall–Kier alpha value is -2.40. The lowest BCUT2D eigenvalue weighted by molar-refractivity contribution is 0.0688. The molecule has 1 N–H and O–H groups in total. The maximum absolute atomic E-state index is 13.0. The smallest absolute Gasteiger partial charge is 0.273 e. The fourth-order valence-corrected chi connectivity index (χ4v) is 3.75. The number of carbonyl (C=O) groups excluding carboxylic acids is 1. The van der Waals surface area contributed by atoms with Gasteiger partial charge in [0.1, 0.15) is 5.69 Å². The van der Waals surface area contributed by atoms with Crippen molar-refractivity contribution in [1.29, 1.82) is 0 Å². The Bertz CT molecular complexity index is 916. The van der Waals surface area contributed by atoms with Gasteiger partial charge >= 0.3 is 0 Å². The Morgan fingerprint density at radius 2 is 1.76 bits per heavy atom. The minimum absolute atomic E-state index is 0.00704. The lowest BCUT2D eigenvalue weighted by Gasteiger charge is -2.30. The highest BCUT2D eigenvalue weighted by molar-refractivity contribution is 9.10. The SMILES string of the molecule is CC(C)N1C(=O)c2[nH]nc(-c3ccccc3)c2C1c1ccc(Br)cc1. The highest BCUT2D eigenvalue weighted by Gasteiger charge is 2.43. The molecule has 1 atom stereocenters. The second-order valence-corrected chi connectivity index (χ2v) is 7.40. The van der Waals surface area contributed by atoms with Crippen molar-refractivity contribution < 1.29 is 4.79 Å². The summed E-state index contributed by atoms with van der Waals surface area (Å²) < 4.78 is 1.02. The largest absolute Gasteiger partial charge is 0.324 e. The minimum atomic E-state index is -0.135. The summed E-state index contributed by atoms with van der Waals surface area (Å²) >= 11 is 3.49. The molecule has 126 valence electrons. The number of nitrogens with zero attached hydrogens (tertiary/aromatic N) is 2. The fourth-order valence-electron chi connectivity index (χ4n) is 3.49. The molecule has 0 bridgehead atoms. The molecule has 0 radical (unpaired) electrons. The molecule has 2 aromatic carbocycles. The van der Waals surface area contributed by atoms with Crippen LogP contribution < -0.4 is 0 Å². The first-order valence-corrected chi connectivity index (χ1v) is 9.09. The molecule has 25 heavy (non-hydrogen) atoms. The van der Waals surface area contributed by atoms with Crippen molar-refractivity contribution >= 4 is 21.8 Å². The van der Waals surface area contributed by atoms with Gasteiger partial charge in [-0.05, 0) is 31.5 Å². The van der Waals surface area contributed by atoms with Gasteiger partial charge in [0.15, 0.2) is 0 Å². The highest BCUT2D eigenvalue weighted by Crippen LogP contribution is 2.43. The van der Waals surface area contributed by atoms with E-state index in [2.05, 4.69) is 38.3 Å². The zero-order valence-electron chi connectivity index (χ0n) is 14.0. The monoisotopic (exact) mass is 395 g/mol. The van der Waals surface area contributed by atoms with E-state index in [1.165, 1.54) is 0 Å². The molecule has 0 saturated carbocycles. The second kappa shape index (κ2) is 6.15. The number of hydrogen-bond donors (Lipinski definition) is 1. The number of fused-ring (bicyclic) bond motifs is 1. The number of rotatable bonds is 3. The minimum Gasteiger partial charge on any atom is -0.324 e. The summed E-state index contributed by atoms with van der Waals surface area (Å²) in [5.41, 5.74) is 4.51. The van der Waals surface area contributed by atoms with Crippen molar-refractivity contribution in [2.24, 2.45) is 0 Å². The van der Waals surface area contributed by atoms with Gasteiger partial charge in [-0.25, -0.2) is 0 Å². The third-order valence-corrected chi connectivity index (χ3v) is 5.12. The average Bonchev–Trinajstić information content (AvgIpc) is 3.16. The Morgan fingerprint density at radius 3 is 2.40 bits per heavy atom. The number of hydrogen-bond acceptors (Lipinski definition) is 2. The van der Waals surface area contributed by atoms with Gasteiger partial charge in [0.2, 0.25) is 0 Å². The summed E-state index contributed by atoms with van der Waals surface area (Å²) in [6.07, 6.45) is 0. The molecular weight excluding hydrogens is 378 g/mol. The van der Waals surface area contributed by atoms with Gasteiger partial charge in [-0.15, -0.1) is 0 Å². The van der Waals surface area contributed by atoms with Crippen LogP contribution in [0.1, 0.15) is 41.5 Å². The van der Waals surface area contributed by atoms with Crippen molar-refractivity contribution in [3.05, 3.63) is 75.9 Å².